The highest BCUT2D eigenvalue weighted by atomic mass is 19.4. The van der Waals surface area contributed by atoms with Crippen LogP contribution in [0.15, 0.2) is 36.4 Å². The van der Waals surface area contributed by atoms with E-state index in [1.165, 1.54) is 0 Å². The molecule has 9 heteroatoms. The lowest BCUT2D eigenvalue weighted by atomic mass is 10.1. The molecule has 0 aliphatic heterocycles. The monoisotopic (exact) mass is 307 g/mol. The molecule has 0 aliphatic rings. The van der Waals surface area contributed by atoms with Crippen LogP contribution in [0.1, 0.15) is 16.3 Å². The number of fused-ring (bicyclic) bond motifs is 1. The van der Waals surface area contributed by atoms with Crippen LogP contribution in [0.4, 0.5) is 13.2 Å². The number of rotatable bonds is 2. The Balaban J connectivity index is 2.28. The quantitative estimate of drug-likeness (QED) is 0.710. The maximum Gasteiger partial charge on any atom is 0.453 e. The second-order valence-corrected chi connectivity index (χ2v) is 4.33. The van der Waals surface area contributed by atoms with E-state index >= 15 is 0 Å². The number of carbonyl (C=O) groups is 1. The second kappa shape index (κ2) is 4.79. The van der Waals surface area contributed by atoms with Crippen LogP contribution < -0.4 is 5.11 Å². The van der Waals surface area contributed by atoms with Gasteiger partial charge >= 0.3 is 6.18 Å². The minimum absolute atomic E-state index is 0.161. The number of carboxylic acid groups (broad SMARTS) is 1. The van der Waals surface area contributed by atoms with E-state index in [9.17, 15) is 23.1 Å². The predicted molar refractivity (Wildman–Crippen MR) is 65.6 cm³/mol. The molecule has 0 N–H and O–H groups in total. The molecule has 0 unspecified atom stereocenters. The van der Waals surface area contributed by atoms with Crippen LogP contribution >= 0.6 is 0 Å². The molecule has 22 heavy (non-hydrogen) atoms. The zero-order valence-corrected chi connectivity index (χ0v) is 10.7. The fourth-order valence-electron chi connectivity index (χ4n) is 1.89. The average Bonchev–Trinajstić information content (AvgIpc) is 2.91. The number of alkyl halides is 3. The molecule has 2 aromatic heterocycles. The van der Waals surface area contributed by atoms with E-state index in [0.29, 0.717) is 10.1 Å². The van der Waals surface area contributed by atoms with E-state index in [1.54, 1.807) is 30.3 Å². The molecule has 0 spiro atoms. The molecule has 6 nitrogen and oxygen atoms in total. The third-order valence-corrected chi connectivity index (χ3v) is 2.84. The summed E-state index contributed by atoms with van der Waals surface area (Å²) in [6.45, 7) is 0. The van der Waals surface area contributed by atoms with E-state index in [0.717, 1.165) is 6.07 Å². The van der Waals surface area contributed by atoms with Crippen molar-refractivity contribution in [2.75, 3.05) is 0 Å². The third-order valence-electron chi connectivity index (χ3n) is 2.84. The zero-order valence-electron chi connectivity index (χ0n) is 10.7. The summed E-state index contributed by atoms with van der Waals surface area (Å²) in [5, 5.41) is 14.3. The van der Waals surface area contributed by atoms with E-state index in [4.69, 9.17) is 0 Å². The van der Waals surface area contributed by atoms with Crippen molar-refractivity contribution in [1.82, 2.24) is 19.6 Å². The maximum absolute atomic E-state index is 12.7. The first-order chi connectivity index (χ1) is 10.4. The first-order valence-corrected chi connectivity index (χ1v) is 5.98. The molecule has 0 radical (unpaired) electrons. The summed E-state index contributed by atoms with van der Waals surface area (Å²) in [4.78, 5) is 18.3. The SMILES string of the molecule is O=C([O-])c1cc(-c2ccccc2)nc2nc(C(F)(F)F)nn12. The molecule has 0 saturated carbocycles. The van der Waals surface area contributed by atoms with Gasteiger partial charge in [0.15, 0.2) is 0 Å². The van der Waals surface area contributed by atoms with Crippen LogP contribution in [0, 0.1) is 0 Å². The highest BCUT2D eigenvalue weighted by molar-refractivity contribution is 5.86. The molecule has 0 amide bonds. The summed E-state index contributed by atoms with van der Waals surface area (Å²) in [6.07, 6.45) is -4.80. The van der Waals surface area contributed by atoms with E-state index in [-0.39, 0.29) is 5.69 Å². The Kier molecular flexibility index (Phi) is 3.05. The van der Waals surface area contributed by atoms with Crippen molar-refractivity contribution in [2.45, 2.75) is 6.18 Å². The van der Waals surface area contributed by atoms with Gasteiger partial charge in [-0.3, -0.25) is 0 Å². The lowest BCUT2D eigenvalue weighted by molar-refractivity contribution is -0.255. The van der Waals surface area contributed by atoms with Gasteiger partial charge in [0, 0.05) is 5.56 Å². The van der Waals surface area contributed by atoms with Crippen molar-refractivity contribution in [3.63, 3.8) is 0 Å². The molecule has 0 atom stereocenters. The smallest absolute Gasteiger partial charge is 0.453 e. The fourth-order valence-corrected chi connectivity index (χ4v) is 1.89. The number of benzene rings is 1. The molecular weight excluding hydrogens is 301 g/mol. The number of halogens is 3. The Morgan fingerprint density at radius 1 is 1.14 bits per heavy atom. The summed E-state index contributed by atoms with van der Waals surface area (Å²) in [7, 11) is 0. The Morgan fingerprint density at radius 3 is 2.41 bits per heavy atom. The van der Waals surface area contributed by atoms with Crippen LogP contribution in [0.5, 0.6) is 0 Å². The number of hydrogen-bond acceptors (Lipinski definition) is 5. The number of aromatic carboxylic acids is 1. The van der Waals surface area contributed by atoms with Crippen LogP contribution in [0.3, 0.4) is 0 Å². The Labute approximate surface area is 120 Å². The summed E-state index contributed by atoms with van der Waals surface area (Å²) in [5.74, 6) is -3.61. The molecule has 0 saturated heterocycles. The van der Waals surface area contributed by atoms with E-state index in [2.05, 4.69) is 15.1 Å². The molecule has 112 valence electrons. The second-order valence-electron chi connectivity index (χ2n) is 4.33. The number of nitrogens with zero attached hydrogens (tertiary/aromatic N) is 4. The van der Waals surface area contributed by atoms with Gasteiger partial charge in [0.2, 0.25) is 0 Å². The molecule has 3 aromatic rings. The number of carboxylic acids is 1. The highest BCUT2D eigenvalue weighted by Gasteiger charge is 2.37. The van der Waals surface area contributed by atoms with Gasteiger partial charge in [-0.1, -0.05) is 30.3 Å². The molecule has 2 heterocycles. The minimum atomic E-state index is -4.80. The molecule has 0 bridgehead atoms. The van der Waals surface area contributed by atoms with Gasteiger partial charge in [0.25, 0.3) is 11.6 Å². The van der Waals surface area contributed by atoms with Gasteiger partial charge in [-0.25, -0.2) is 4.98 Å². The van der Waals surface area contributed by atoms with Crippen LogP contribution in [-0.2, 0) is 6.18 Å². The first kappa shape index (κ1) is 14.0. The van der Waals surface area contributed by atoms with Crippen LogP contribution in [0.2, 0.25) is 0 Å². The number of aromatic nitrogens is 4. The largest absolute Gasteiger partial charge is 0.543 e. The number of carbonyl (C=O) groups excluding carboxylic acids is 1. The van der Waals surface area contributed by atoms with Crippen molar-refractivity contribution in [3.8, 4) is 11.3 Å². The summed E-state index contributed by atoms with van der Waals surface area (Å²) < 4.78 is 38.5. The van der Waals surface area contributed by atoms with Gasteiger partial charge in [0.1, 0.15) is 0 Å². The maximum atomic E-state index is 12.7. The first-order valence-electron chi connectivity index (χ1n) is 5.98. The minimum Gasteiger partial charge on any atom is -0.543 e. The Bertz CT molecular complexity index is 859. The molecular formula is C13H6F3N4O2-. The zero-order chi connectivity index (χ0) is 15.9. The van der Waals surface area contributed by atoms with Gasteiger partial charge < -0.3 is 9.90 Å². The lowest BCUT2D eigenvalue weighted by Gasteiger charge is -2.07. The summed E-state index contributed by atoms with van der Waals surface area (Å²) in [6, 6.07) is 9.47. The van der Waals surface area contributed by atoms with Gasteiger partial charge in [-0.05, 0) is 6.07 Å². The highest BCUT2D eigenvalue weighted by Crippen LogP contribution is 2.27. The van der Waals surface area contributed by atoms with Crippen molar-refractivity contribution < 1.29 is 23.1 Å². The van der Waals surface area contributed by atoms with E-state index < -0.39 is 29.4 Å². The van der Waals surface area contributed by atoms with Gasteiger partial charge in [0.05, 0.1) is 17.4 Å². The molecule has 1 aromatic carbocycles. The van der Waals surface area contributed by atoms with Crippen LogP contribution in [0.25, 0.3) is 17.0 Å². The van der Waals surface area contributed by atoms with Crippen molar-refractivity contribution in [1.29, 1.82) is 0 Å². The molecule has 0 fully saturated rings. The summed E-state index contributed by atoms with van der Waals surface area (Å²) in [5.41, 5.74) is 0.129. The van der Waals surface area contributed by atoms with Crippen molar-refractivity contribution in [2.24, 2.45) is 0 Å². The Hall–Kier alpha value is -2.97. The normalized spacial score (nSPS) is 11.8. The molecule has 3 rings (SSSR count). The lowest BCUT2D eigenvalue weighted by Crippen LogP contribution is -2.26. The van der Waals surface area contributed by atoms with Gasteiger partial charge in [-0.15, -0.1) is 5.10 Å². The molecule has 0 aliphatic carbocycles. The average molecular weight is 307 g/mol. The Morgan fingerprint density at radius 2 is 1.82 bits per heavy atom. The van der Waals surface area contributed by atoms with Crippen LogP contribution in [-0.4, -0.2) is 25.6 Å². The van der Waals surface area contributed by atoms with Crippen molar-refractivity contribution >= 4 is 11.7 Å². The summed E-state index contributed by atoms with van der Waals surface area (Å²) >= 11 is 0. The number of hydrogen-bond donors (Lipinski definition) is 0. The standard InChI is InChI=1S/C13H7F3N4O2/c14-13(15,16)11-18-12-17-8(7-4-2-1-3-5-7)6-9(10(21)22)20(12)19-11/h1-6H,(H,21,22)/p-1. The topological polar surface area (TPSA) is 83.2 Å². The third kappa shape index (κ3) is 2.36. The van der Waals surface area contributed by atoms with Gasteiger partial charge in [-0.2, -0.15) is 22.7 Å². The fraction of sp³-hybridized carbons (Fsp3) is 0.0769. The van der Waals surface area contributed by atoms with E-state index in [1.807, 2.05) is 0 Å². The predicted octanol–water partition coefficient (Wildman–Crippen LogP) is 1.17. The van der Waals surface area contributed by atoms with Crippen molar-refractivity contribution in [3.05, 3.63) is 47.9 Å².